The lowest BCUT2D eigenvalue weighted by Crippen LogP contribution is -2.12. The monoisotopic (exact) mass is 223 g/mol. The standard InChI is InChI=1S/C11H13NO2S/c1-7(13)6-14-9-3-4-10-11(5-9)15-8(2)12-10/h3-5,7,13H,6H2,1-2H3. The molecule has 1 N–H and O–H groups in total. The molecule has 0 fully saturated rings. The van der Waals surface area contributed by atoms with E-state index >= 15 is 0 Å². The largest absolute Gasteiger partial charge is 0.491 e. The molecule has 1 atom stereocenters. The van der Waals surface area contributed by atoms with Crippen LogP contribution in [0.25, 0.3) is 10.2 Å². The number of thiazole rings is 1. The number of aromatic nitrogens is 1. The molecule has 15 heavy (non-hydrogen) atoms. The SMILES string of the molecule is Cc1nc2ccc(OCC(C)O)cc2s1. The lowest BCUT2D eigenvalue weighted by atomic mass is 10.3. The maximum absolute atomic E-state index is 9.10. The first-order valence-electron chi connectivity index (χ1n) is 4.83. The molecule has 2 aromatic rings. The number of hydrogen-bond acceptors (Lipinski definition) is 4. The van der Waals surface area contributed by atoms with E-state index in [9.17, 15) is 0 Å². The zero-order valence-corrected chi connectivity index (χ0v) is 9.54. The van der Waals surface area contributed by atoms with Gasteiger partial charge in [0.25, 0.3) is 0 Å². The number of nitrogens with zero attached hydrogens (tertiary/aromatic N) is 1. The summed E-state index contributed by atoms with van der Waals surface area (Å²) in [5, 5.41) is 10.1. The van der Waals surface area contributed by atoms with Gasteiger partial charge in [0.15, 0.2) is 0 Å². The van der Waals surface area contributed by atoms with Gasteiger partial charge in [0.2, 0.25) is 0 Å². The summed E-state index contributed by atoms with van der Waals surface area (Å²) in [5.41, 5.74) is 1.00. The Morgan fingerprint density at radius 3 is 3.07 bits per heavy atom. The van der Waals surface area contributed by atoms with Gasteiger partial charge < -0.3 is 9.84 Å². The highest BCUT2D eigenvalue weighted by Crippen LogP contribution is 2.25. The summed E-state index contributed by atoms with van der Waals surface area (Å²) in [6.45, 7) is 4.01. The molecule has 1 aromatic heterocycles. The van der Waals surface area contributed by atoms with E-state index in [4.69, 9.17) is 9.84 Å². The van der Waals surface area contributed by atoms with Crippen LogP contribution in [0, 0.1) is 6.92 Å². The minimum Gasteiger partial charge on any atom is -0.491 e. The van der Waals surface area contributed by atoms with Gasteiger partial charge in [0.1, 0.15) is 12.4 Å². The fourth-order valence-corrected chi connectivity index (χ4v) is 2.18. The molecule has 1 unspecified atom stereocenters. The van der Waals surface area contributed by atoms with Crippen LogP contribution in [0.3, 0.4) is 0 Å². The van der Waals surface area contributed by atoms with E-state index in [-0.39, 0.29) is 0 Å². The highest BCUT2D eigenvalue weighted by atomic mass is 32.1. The Labute approximate surface area is 92.3 Å². The lowest BCUT2D eigenvalue weighted by molar-refractivity contribution is 0.123. The molecule has 0 amide bonds. The summed E-state index contributed by atoms with van der Waals surface area (Å²) in [6, 6.07) is 5.78. The van der Waals surface area contributed by atoms with Crippen LogP contribution in [-0.2, 0) is 0 Å². The predicted molar refractivity (Wildman–Crippen MR) is 61.5 cm³/mol. The molecule has 0 saturated carbocycles. The van der Waals surface area contributed by atoms with Crippen LogP contribution >= 0.6 is 11.3 Å². The van der Waals surface area contributed by atoms with Gasteiger partial charge in [-0.05, 0) is 32.0 Å². The first kappa shape index (κ1) is 10.4. The van der Waals surface area contributed by atoms with Gasteiger partial charge in [0.05, 0.1) is 21.3 Å². The third kappa shape index (κ3) is 2.46. The number of benzene rings is 1. The summed E-state index contributed by atoms with van der Waals surface area (Å²) in [7, 11) is 0. The smallest absolute Gasteiger partial charge is 0.121 e. The first-order chi connectivity index (χ1) is 7.15. The van der Waals surface area contributed by atoms with Crippen molar-refractivity contribution in [2.75, 3.05) is 6.61 Å². The van der Waals surface area contributed by atoms with Gasteiger partial charge in [-0.2, -0.15) is 0 Å². The molecule has 0 aliphatic heterocycles. The fourth-order valence-electron chi connectivity index (χ4n) is 1.33. The molecule has 1 heterocycles. The van der Waals surface area contributed by atoms with Gasteiger partial charge in [-0.3, -0.25) is 0 Å². The Kier molecular flexibility index (Phi) is 2.88. The van der Waals surface area contributed by atoms with Gasteiger partial charge in [-0.1, -0.05) is 0 Å². The second kappa shape index (κ2) is 4.16. The van der Waals surface area contributed by atoms with Crippen molar-refractivity contribution in [3.05, 3.63) is 23.2 Å². The normalized spacial score (nSPS) is 13.0. The van der Waals surface area contributed by atoms with Crippen molar-refractivity contribution in [1.82, 2.24) is 4.98 Å². The average molecular weight is 223 g/mol. The van der Waals surface area contributed by atoms with E-state index in [0.29, 0.717) is 6.61 Å². The van der Waals surface area contributed by atoms with Gasteiger partial charge in [0, 0.05) is 0 Å². The van der Waals surface area contributed by atoms with Crippen molar-refractivity contribution in [2.45, 2.75) is 20.0 Å². The van der Waals surface area contributed by atoms with E-state index in [1.807, 2.05) is 25.1 Å². The zero-order valence-electron chi connectivity index (χ0n) is 8.73. The number of hydrogen-bond donors (Lipinski definition) is 1. The molecule has 0 bridgehead atoms. The van der Waals surface area contributed by atoms with Crippen LogP contribution in [0.15, 0.2) is 18.2 Å². The lowest BCUT2D eigenvalue weighted by Gasteiger charge is -2.07. The Balaban J connectivity index is 2.22. The Morgan fingerprint density at radius 1 is 1.53 bits per heavy atom. The fraction of sp³-hybridized carbons (Fsp3) is 0.364. The average Bonchev–Trinajstić information content (AvgIpc) is 2.53. The maximum atomic E-state index is 9.10. The molecule has 4 heteroatoms. The third-order valence-electron chi connectivity index (χ3n) is 1.96. The molecule has 80 valence electrons. The summed E-state index contributed by atoms with van der Waals surface area (Å²) in [5.74, 6) is 0.784. The zero-order chi connectivity index (χ0) is 10.8. The van der Waals surface area contributed by atoms with Crippen molar-refractivity contribution >= 4 is 21.6 Å². The Hall–Kier alpha value is -1.13. The number of aliphatic hydroxyl groups excluding tert-OH is 1. The summed E-state index contributed by atoms with van der Waals surface area (Å²) in [6.07, 6.45) is -0.441. The van der Waals surface area contributed by atoms with E-state index < -0.39 is 6.10 Å². The molecule has 0 aliphatic rings. The molecule has 3 nitrogen and oxygen atoms in total. The maximum Gasteiger partial charge on any atom is 0.121 e. The minimum atomic E-state index is -0.441. The highest BCUT2D eigenvalue weighted by molar-refractivity contribution is 7.18. The molecule has 0 radical (unpaired) electrons. The van der Waals surface area contributed by atoms with E-state index in [2.05, 4.69) is 4.98 Å². The van der Waals surface area contributed by atoms with Crippen LogP contribution in [0.5, 0.6) is 5.75 Å². The molecule has 2 rings (SSSR count). The van der Waals surface area contributed by atoms with E-state index in [0.717, 1.165) is 21.0 Å². The van der Waals surface area contributed by atoms with Crippen LogP contribution in [0.2, 0.25) is 0 Å². The van der Waals surface area contributed by atoms with Gasteiger partial charge >= 0.3 is 0 Å². The van der Waals surface area contributed by atoms with Crippen molar-refractivity contribution in [3.63, 3.8) is 0 Å². The second-order valence-corrected chi connectivity index (χ2v) is 4.76. The Morgan fingerprint density at radius 2 is 2.33 bits per heavy atom. The quantitative estimate of drug-likeness (QED) is 0.868. The molecular formula is C11H13NO2S. The molecule has 1 aromatic carbocycles. The number of aliphatic hydroxyl groups is 1. The predicted octanol–water partition coefficient (Wildman–Crippen LogP) is 2.36. The van der Waals surface area contributed by atoms with Gasteiger partial charge in [-0.15, -0.1) is 11.3 Å². The summed E-state index contributed by atoms with van der Waals surface area (Å²) in [4.78, 5) is 4.36. The second-order valence-electron chi connectivity index (χ2n) is 3.52. The molecule has 0 spiro atoms. The Bertz CT molecular complexity index is 465. The third-order valence-corrected chi connectivity index (χ3v) is 2.89. The first-order valence-corrected chi connectivity index (χ1v) is 5.65. The van der Waals surface area contributed by atoms with Crippen LogP contribution in [-0.4, -0.2) is 22.8 Å². The molecule has 0 saturated heterocycles. The van der Waals surface area contributed by atoms with Crippen molar-refractivity contribution in [1.29, 1.82) is 0 Å². The number of ether oxygens (including phenoxy) is 1. The van der Waals surface area contributed by atoms with Crippen molar-refractivity contribution in [2.24, 2.45) is 0 Å². The number of aryl methyl sites for hydroxylation is 1. The topological polar surface area (TPSA) is 42.4 Å². The summed E-state index contributed by atoms with van der Waals surface area (Å²) >= 11 is 1.65. The molecule has 0 aliphatic carbocycles. The van der Waals surface area contributed by atoms with Crippen LogP contribution in [0.4, 0.5) is 0 Å². The number of rotatable bonds is 3. The highest BCUT2D eigenvalue weighted by Gasteiger charge is 2.03. The van der Waals surface area contributed by atoms with E-state index in [1.54, 1.807) is 18.3 Å². The van der Waals surface area contributed by atoms with Gasteiger partial charge in [-0.25, -0.2) is 4.98 Å². The summed E-state index contributed by atoms with van der Waals surface area (Å²) < 4.78 is 6.53. The van der Waals surface area contributed by atoms with Crippen molar-refractivity contribution < 1.29 is 9.84 Å². The number of fused-ring (bicyclic) bond motifs is 1. The van der Waals surface area contributed by atoms with Crippen LogP contribution in [0.1, 0.15) is 11.9 Å². The van der Waals surface area contributed by atoms with Crippen molar-refractivity contribution in [3.8, 4) is 5.75 Å². The molecular weight excluding hydrogens is 210 g/mol. The minimum absolute atomic E-state index is 0.323. The van der Waals surface area contributed by atoms with E-state index in [1.165, 1.54) is 0 Å². The van der Waals surface area contributed by atoms with Crippen LogP contribution < -0.4 is 4.74 Å².